The molecule has 1 aliphatic carbocycles. The fraction of sp³-hybridized carbons (Fsp3) is 0.778. The van der Waals surface area contributed by atoms with Crippen molar-refractivity contribution < 1.29 is 19.2 Å². The lowest BCUT2D eigenvalue weighted by atomic mass is 9.85. The Balaban J connectivity index is 1.42. The predicted molar refractivity (Wildman–Crippen MR) is 97.3 cm³/mol. The molecule has 0 spiro atoms. The third-order valence-electron chi connectivity index (χ3n) is 5.55. The second-order valence-electron chi connectivity index (χ2n) is 7.62. The minimum Gasteiger partial charge on any atom is -0.480 e. The maximum absolute atomic E-state index is 12.6. The molecule has 1 aromatic heterocycles. The summed E-state index contributed by atoms with van der Waals surface area (Å²) in [6.45, 7) is 5.98. The first kappa shape index (κ1) is 19.6. The Kier molecular flexibility index (Phi) is 6.30. The Morgan fingerprint density at radius 2 is 2.19 bits per heavy atom. The zero-order valence-electron chi connectivity index (χ0n) is 16.1. The standard InChI is InChI=1S/C18H29N5O4/c1-3-22(11-17(24)25)15-8-14(9-15)20-18(26)23-6-4-5-13(10-23)7-16-19-12(2)27-21-16/h13-15H,3-11H2,1-2H3,(H,20,26)(H,24,25). The van der Waals surface area contributed by atoms with E-state index in [1.165, 1.54) is 0 Å². The third kappa shape index (κ3) is 5.18. The summed E-state index contributed by atoms with van der Waals surface area (Å²) in [6.07, 6.45) is 4.39. The van der Waals surface area contributed by atoms with Crippen LogP contribution >= 0.6 is 0 Å². The number of carbonyl (C=O) groups excluding carboxylic acids is 1. The number of aliphatic carboxylic acids is 1. The van der Waals surface area contributed by atoms with Crippen LogP contribution in [0.15, 0.2) is 4.52 Å². The second-order valence-corrected chi connectivity index (χ2v) is 7.62. The molecule has 1 saturated carbocycles. The zero-order chi connectivity index (χ0) is 19.4. The van der Waals surface area contributed by atoms with Crippen LogP contribution in [0.1, 0.15) is 44.3 Å². The van der Waals surface area contributed by atoms with E-state index < -0.39 is 5.97 Å². The van der Waals surface area contributed by atoms with E-state index in [-0.39, 0.29) is 24.7 Å². The van der Waals surface area contributed by atoms with Crippen LogP contribution in [0.4, 0.5) is 4.79 Å². The van der Waals surface area contributed by atoms with Crippen molar-refractivity contribution in [3.05, 3.63) is 11.7 Å². The quantitative estimate of drug-likeness (QED) is 0.734. The van der Waals surface area contributed by atoms with Crippen LogP contribution in [0.3, 0.4) is 0 Å². The second kappa shape index (κ2) is 8.69. The number of aromatic nitrogens is 2. The normalized spacial score (nSPS) is 25.3. The first-order chi connectivity index (χ1) is 12.9. The number of urea groups is 1. The van der Waals surface area contributed by atoms with E-state index >= 15 is 0 Å². The van der Waals surface area contributed by atoms with Gasteiger partial charge in [0, 0.05) is 38.5 Å². The molecular formula is C18H29N5O4. The molecule has 0 radical (unpaired) electrons. The summed E-state index contributed by atoms with van der Waals surface area (Å²) in [7, 11) is 0. The highest BCUT2D eigenvalue weighted by atomic mass is 16.5. The summed E-state index contributed by atoms with van der Waals surface area (Å²) in [5.74, 6) is 0.820. The lowest BCUT2D eigenvalue weighted by Crippen LogP contribution is -2.57. The molecule has 0 bridgehead atoms. The maximum Gasteiger partial charge on any atom is 0.317 e. The van der Waals surface area contributed by atoms with Gasteiger partial charge >= 0.3 is 12.0 Å². The van der Waals surface area contributed by atoms with Gasteiger partial charge in [0.2, 0.25) is 5.89 Å². The number of carboxylic acid groups (broad SMARTS) is 1. The smallest absolute Gasteiger partial charge is 0.317 e. The van der Waals surface area contributed by atoms with Gasteiger partial charge in [0.1, 0.15) is 0 Å². The minimum absolute atomic E-state index is 0.0197. The van der Waals surface area contributed by atoms with Crippen LogP contribution < -0.4 is 5.32 Å². The number of piperidine rings is 1. The molecule has 27 heavy (non-hydrogen) atoms. The van der Waals surface area contributed by atoms with Crippen LogP contribution in [-0.2, 0) is 11.2 Å². The Morgan fingerprint density at radius 3 is 2.81 bits per heavy atom. The fourth-order valence-corrected chi connectivity index (χ4v) is 4.04. The van der Waals surface area contributed by atoms with Crippen molar-refractivity contribution in [2.24, 2.45) is 5.92 Å². The number of nitrogens with zero attached hydrogens (tertiary/aromatic N) is 4. The van der Waals surface area contributed by atoms with Gasteiger partial charge in [0.05, 0.1) is 6.54 Å². The predicted octanol–water partition coefficient (Wildman–Crippen LogP) is 1.28. The van der Waals surface area contributed by atoms with Gasteiger partial charge in [-0.25, -0.2) is 4.79 Å². The summed E-state index contributed by atoms with van der Waals surface area (Å²) < 4.78 is 5.02. The van der Waals surface area contributed by atoms with Gasteiger partial charge in [-0.15, -0.1) is 0 Å². The highest BCUT2D eigenvalue weighted by molar-refractivity contribution is 5.74. The first-order valence-electron chi connectivity index (χ1n) is 9.75. The molecule has 2 amide bonds. The van der Waals surface area contributed by atoms with Crippen molar-refractivity contribution in [1.82, 2.24) is 25.3 Å². The topological polar surface area (TPSA) is 112 Å². The molecule has 1 aromatic rings. The number of carboxylic acids is 1. The lowest BCUT2D eigenvalue weighted by Gasteiger charge is -2.43. The van der Waals surface area contributed by atoms with Gasteiger partial charge in [-0.3, -0.25) is 9.69 Å². The van der Waals surface area contributed by atoms with Crippen LogP contribution in [0.5, 0.6) is 0 Å². The number of rotatable bonds is 7. The number of likely N-dealkylation sites (tertiary alicyclic amines) is 1. The van der Waals surface area contributed by atoms with E-state index in [1.54, 1.807) is 6.92 Å². The molecule has 1 atom stereocenters. The molecule has 2 aliphatic rings. The molecule has 3 rings (SSSR count). The summed E-state index contributed by atoms with van der Waals surface area (Å²) in [4.78, 5) is 31.6. The van der Waals surface area contributed by atoms with Gasteiger partial charge in [0.15, 0.2) is 5.82 Å². The van der Waals surface area contributed by atoms with E-state index in [0.717, 1.165) is 38.6 Å². The van der Waals surface area contributed by atoms with Crippen LogP contribution in [-0.4, -0.2) is 75.3 Å². The van der Waals surface area contributed by atoms with Crippen molar-refractivity contribution in [3.63, 3.8) is 0 Å². The molecule has 2 heterocycles. The number of aryl methyl sites for hydroxylation is 1. The number of amides is 2. The Morgan fingerprint density at radius 1 is 1.41 bits per heavy atom. The van der Waals surface area contributed by atoms with Crippen molar-refractivity contribution in [2.75, 3.05) is 26.2 Å². The first-order valence-corrected chi connectivity index (χ1v) is 9.75. The van der Waals surface area contributed by atoms with E-state index in [1.807, 2.05) is 16.7 Å². The van der Waals surface area contributed by atoms with Crippen molar-refractivity contribution in [1.29, 1.82) is 0 Å². The van der Waals surface area contributed by atoms with Crippen molar-refractivity contribution in [2.45, 2.75) is 58.0 Å². The van der Waals surface area contributed by atoms with Crippen LogP contribution in [0.2, 0.25) is 0 Å². The van der Waals surface area contributed by atoms with E-state index in [2.05, 4.69) is 15.5 Å². The number of carbonyl (C=O) groups is 2. The van der Waals surface area contributed by atoms with Gasteiger partial charge in [-0.05, 0) is 38.1 Å². The molecule has 9 heteroatoms. The molecule has 9 nitrogen and oxygen atoms in total. The number of hydrogen-bond donors (Lipinski definition) is 2. The Labute approximate surface area is 159 Å². The Hall–Kier alpha value is -2.16. The largest absolute Gasteiger partial charge is 0.480 e. The molecule has 2 N–H and O–H groups in total. The van der Waals surface area contributed by atoms with Gasteiger partial charge < -0.3 is 19.8 Å². The fourth-order valence-electron chi connectivity index (χ4n) is 4.04. The average Bonchev–Trinajstić information content (AvgIpc) is 3.00. The van der Waals surface area contributed by atoms with Gasteiger partial charge in [-0.2, -0.15) is 4.98 Å². The molecule has 2 fully saturated rings. The van der Waals surface area contributed by atoms with E-state index in [0.29, 0.717) is 30.7 Å². The molecule has 0 aromatic carbocycles. The zero-order valence-corrected chi connectivity index (χ0v) is 16.1. The van der Waals surface area contributed by atoms with E-state index in [9.17, 15) is 9.59 Å². The highest BCUT2D eigenvalue weighted by Gasteiger charge is 2.36. The Bertz CT molecular complexity index is 658. The van der Waals surface area contributed by atoms with Crippen molar-refractivity contribution >= 4 is 12.0 Å². The maximum atomic E-state index is 12.6. The number of nitrogens with one attached hydrogen (secondary N) is 1. The van der Waals surface area contributed by atoms with Crippen molar-refractivity contribution in [3.8, 4) is 0 Å². The van der Waals surface area contributed by atoms with E-state index in [4.69, 9.17) is 9.63 Å². The van der Waals surface area contributed by atoms with Gasteiger partial charge in [0.25, 0.3) is 0 Å². The van der Waals surface area contributed by atoms with Crippen LogP contribution in [0.25, 0.3) is 0 Å². The summed E-state index contributed by atoms with van der Waals surface area (Å²) in [5.41, 5.74) is 0. The van der Waals surface area contributed by atoms with Gasteiger partial charge in [-0.1, -0.05) is 12.1 Å². The third-order valence-corrected chi connectivity index (χ3v) is 5.55. The summed E-state index contributed by atoms with van der Waals surface area (Å²) in [5, 5.41) is 16.0. The number of likely N-dealkylation sites (N-methyl/N-ethyl adjacent to an activating group) is 1. The molecule has 150 valence electrons. The molecule has 1 unspecified atom stereocenters. The highest BCUT2D eigenvalue weighted by Crippen LogP contribution is 2.26. The SMILES string of the molecule is CCN(CC(=O)O)C1CC(NC(=O)N2CCCC(Cc3noc(C)n3)C2)C1. The molecular weight excluding hydrogens is 350 g/mol. The van der Waals surface area contributed by atoms with Crippen LogP contribution in [0, 0.1) is 12.8 Å². The molecule has 1 saturated heterocycles. The monoisotopic (exact) mass is 379 g/mol. The lowest BCUT2D eigenvalue weighted by molar-refractivity contribution is -0.139. The minimum atomic E-state index is -0.805. The average molecular weight is 379 g/mol. The number of hydrogen-bond acceptors (Lipinski definition) is 6. The summed E-state index contributed by atoms with van der Waals surface area (Å²) in [6, 6.07) is 0.353. The summed E-state index contributed by atoms with van der Waals surface area (Å²) >= 11 is 0. The molecule has 1 aliphatic heterocycles.